The number of thioether (sulfide) groups is 1. The Labute approximate surface area is 135 Å². The Morgan fingerprint density at radius 2 is 2.10 bits per heavy atom. The molecule has 21 heavy (non-hydrogen) atoms. The SMILES string of the molecule is CCCc1nc(CSc2ccc(CNC3CC3)cc2)cs1. The maximum atomic E-state index is 4.68. The van der Waals surface area contributed by atoms with Crippen LogP contribution in [-0.2, 0) is 18.7 Å². The van der Waals surface area contributed by atoms with Crippen LogP contribution in [0.4, 0.5) is 0 Å². The van der Waals surface area contributed by atoms with Crippen molar-refractivity contribution in [1.82, 2.24) is 10.3 Å². The molecule has 0 unspecified atom stereocenters. The number of aromatic nitrogens is 1. The quantitative estimate of drug-likeness (QED) is 0.718. The Kier molecular flexibility index (Phi) is 5.33. The molecule has 1 aliphatic rings. The van der Waals surface area contributed by atoms with Gasteiger partial charge in [-0.05, 0) is 43.4 Å². The number of nitrogens with one attached hydrogen (secondary N) is 1. The summed E-state index contributed by atoms with van der Waals surface area (Å²) < 4.78 is 0. The Hall–Kier alpha value is -0.840. The van der Waals surface area contributed by atoms with Crippen LogP contribution in [0.3, 0.4) is 0 Å². The van der Waals surface area contributed by atoms with Crippen molar-refractivity contribution in [2.45, 2.75) is 55.8 Å². The van der Waals surface area contributed by atoms with Crippen LogP contribution in [0, 0.1) is 0 Å². The topological polar surface area (TPSA) is 24.9 Å². The number of hydrogen-bond donors (Lipinski definition) is 1. The molecule has 1 fully saturated rings. The third-order valence-corrected chi connectivity index (χ3v) is 5.55. The third kappa shape index (κ3) is 4.83. The molecule has 0 spiro atoms. The molecule has 112 valence electrons. The zero-order valence-electron chi connectivity index (χ0n) is 12.5. The van der Waals surface area contributed by atoms with E-state index in [2.05, 4.69) is 46.9 Å². The van der Waals surface area contributed by atoms with Crippen LogP contribution < -0.4 is 5.32 Å². The van der Waals surface area contributed by atoms with E-state index in [1.165, 1.54) is 40.4 Å². The van der Waals surface area contributed by atoms with Gasteiger partial charge >= 0.3 is 0 Å². The predicted molar refractivity (Wildman–Crippen MR) is 92.0 cm³/mol. The van der Waals surface area contributed by atoms with Gasteiger partial charge in [-0.1, -0.05) is 19.1 Å². The van der Waals surface area contributed by atoms with Crippen molar-refractivity contribution in [3.63, 3.8) is 0 Å². The molecule has 1 aromatic carbocycles. The van der Waals surface area contributed by atoms with Gasteiger partial charge in [-0.25, -0.2) is 4.98 Å². The summed E-state index contributed by atoms with van der Waals surface area (Å²) >= 11 is 3.67. The minimum Gasteiger partial charge on any atom is -0.310 e. The summed E-state index contributed by atoms with van der Waals surface area (Å²) in [4.78, 5) is 6.00. The molecule has 1 N–H and O–H groups in total. The molecule has 0 atom stereocenters. The molecular formula is C17H22N2S2. The molecule has 0 aliphatic heterocycles. The Morgan fingerprint density at radius 3 is 2.81 bits per heavy atom. The van der Waals surface area contributed by atoms with E-state index in [0.717, 1.165) is 24.8 Å². The van der Waals surface area contributed by atoms with Crippen molar-refractivity contribution >= 4 is 23.1 Å². The van der Waals surface area contributed by atoms with Crippen LogP contribution in [0.2, 0.25) is 0 Å². The normalized spacial score (nSPS) is 14.5. The molecule has 0 amide bonds. The summed E-state index contributed by atoms with van der Waals surface area (Å²) in [7, 11) is 0. The fraction of sp³-hybridized carbons (Fsp3) is 0.471. The molecular weight excluding hydrogens is 296 g/mol. The van der Waals surface area contributed by atoms with Gasteiger partial charge in [-0.2, -0.15) is 0 Å². The highest BCUT2D eigenvalue weighted by Crippen LogP contribution is 2.25. The zero-order chi connectivity index (χ0) is 14.5. The van der Waals surface area contributed by atoms with Crippen molar-refractivity contribution in [3.05, 3.63) is 45.9 Å². The molecule has 1 aromatic heterocycles. The largest absolute Gasteiger partial charge is 0.310 e. The van der Waals surface area contributed by atoms with Gasteiger partial charge in [-0.15, -0.1) is 23.1 Å². The van der Waals surface area contributed by atoms with Gasteiger partial charge in [0.25, 0.3) is 0 Å². The van der Waals surface area contributed by atoms with Gasteiger partial charge in [0.15, 0.2) is 0 Å². The fourth-order valence-corrected chi connectivity index (χ4v) is 3.95. The van der Waals surface area contributed by atoms with Crippen LogP contribution in [0.25, 0.3) is 0 Å². The van der Waals surface area contributed by atoms with Gasteiger partial charge in [0.1, 0.15) is 0 Å². The van der Waals surface area contributed by atoms with E-state index >= 15 is 0 Å². The summed E-state index contributed by atoms with van der Waals surface area (Å²) in [6.45, 7) is 3.21. The summed E-state index contributed by atoms with van der Waals surface area (Å²) in [5.74, 6) is 0.972. The van der Waals surface area contributed by atoms with E-state index in [4.69, 9.17) is 0 Å². The van der Waals surface area contributed by atoms with Crippen LogP contribution in [0.5, 0.6) is 0 Å². The number of hydrogen-bond acceptors (Lipinski definition) is 4. The number of nitrogens with zero attached hydrogens (tertiary/aromatic N) is 1. The average molecular weight is 319 g/mol. The van der Waals surface area contributed by atoms with E-state index in [1.54, 1.807) is 11.3 Å². The Bertz CT molecular complexity index is 558. The second-order valence-corrected chi connectivity index (χ2v) is 7.56. The van der Waals surface area contributed by atoms with E-state index in [-0.39, 0.29) is 0 Å². The molecule has 2 nitrogen and oxygen atoms in total. The highest BCUT2D eigenvalue weighted by atomic mass is 32.2. The fourth-order valence-electron chi connectivity index (χ4n) is 2.15. The molecule has 1 heterocycles. The first kappa shape index (κ1) is 15.1. The molecule has 0 saturated heterocycles. The number of benzene rings is 1. The maximum absolute atomic E-state index is 4.68. The van der Waals surface area contributed by atoms with Gasteiger partial charge in [-0.3, -0.25) is 0 Å². The third-order valence-electron chi connectivity index (χ3n) is 3.55. The van der Waals surface area contributed by atoms with E-state index < -0.39 is 0 Å². The van der Waals surface area contributed by atoms with Crippen LogP contribution in [0.1, 0.15) is 42.5 Å². The van der Waals surface area contributed by atoms with Gasteiger partial charge in [0.2, 0.25) is 0 Å². The Balaban J connectivity index is 1.47. The lowest BCUT2D eigenvalue weighted by molar-refractivity contribution is 0.687. The van der Waals surface area contributed by atoms with Gasteiger partial charge in [0.05, 0.1) is 10.7 Å². The highest BCUT2D eigenvalue weighted by molar-refractivity contribution is 7.98. The lowest BCUT2D eigenvalue weighted by Gasteiger charge is -2.04. The number of rotatable bonds is 8. The number of thiazole rings is 1. The summed E-state index contributed by atoms with van der Waals surface area (Å²) in [5, 5.41) is 7.02. The minimum atomic E-state index is 0.779. The van der Waals surface area contributed by atoms with E-state index in [1.807, 2.05) is 11.8 Å². The molecule has 3 rings (SSSR count). The smallest absolute Gasteiger partial charge is 0.0928 e. The highest BCUT2D eigenvalue weighted by Gasteiger charge is 2.19. The van der Waals surface area contributed by atoms with Crippen molar-refractivity contribution in [1.29, 1.82) is 0 Å². The summed E-state index contributed by atoms with van der Waals surface area (Å²) in [6, 6.07) is 9.71. The van der Waals surface area contributed by atoms with Crippen molar-refractivity contribution in [3.8, 4) is 0 Å². The lowest BCUT2D eigenvalue weighted by Crippen LogP contribution is -2.14. The first-order valence-corrected chi connectivity index (χ1v) is 9.58. The summed E-state index contributed by atoms with van der Waals surface area (Å²) in [6.07, 6.45) is 4.98. The van der Waals surface area contributed by atoms with Crippen LogP contribution >= 0.6 is 23.1 Å². The van der Waals surface area contributed by atoms with Crippen LogP contribution in [-0.4, -0.2) is 11.0 Å². The maximum Gasteiger partial charge on any atom is 0.0928 e. The zero-order valence-corrected chi connectivity index (χ0v) is 14.1. The van der Waals surface area contributed by atoms with E-state index in [9.17, 15) is 0 Å². The molecule has 1 aliphatic carbocycles. The number of aryl methyl sites for hydroxylation is 1. The van der Waals surface area contributed by atoms with E-state index in [0.29, 0.717) is 0 Å². The minimum absolute atomic E-state index is 0.779. The molecule has 0 bridgehead atoms. The second-order valence-electron chi connectivity index (χ2n) is 5.57. The Morgan fingerprint density at radius 1 is 1.29 bits per heavy atom. The van der Waals surface area contributed by atoms with Gasteiger partial charge < -0.3 is 5.32 Å². The summed E-state index contributed by atoms with van der Waals surface area (Å²) in [5.41, 5.74) is 2.60. The van der Waals surface area contributed by atoms with Crippen LogP contribution in [0.15, 0.2) is 34.5 Å². The average Bonchev–Trinajstić information content (AvgIpc) is 3.24. The molecule has 2 aromatic rings. The monoisotopic (exact) mass is 318 g/mol. The molecule has 0 radical (unpaired) electrons. The first-order valence-electron chi connectivity index (χ1n) is 7.72. The van der Waals surface area contributed by atoms with Crippen molar-refractivity contribution < 1.29 is 0 Å². The second kappa shape index (κ2) is 7.43. The predicted octanol–water partition coefficient (Wildman–Crippen LogP) is 4.64. The van der Waals surface area contributed by atoms with Crippen molar-refractivity contribution in [2.75, 3.05) is 0 Å². The standard InChI is InChI=1S/C17H22N2S2/c1-2-3-17-19-15(12-21-17)11-20-16-8-4-13(5-9-16)10-18-14-6-7-14/h4-5,8-9,12,14,18H,2-3,6-7,10-11H2,1H3. The lowest BCUT2D eigenvalue weighted by atomic mass is 10.2. The first-order chi connectivity index (χ1) is 10.3. The molecule has 4 heteroatoms. The van der Waals surface area contributed by atoms with Crippen molar-refractivity contribution in [2.24, 2.45) is 0 Å². The molecule has 1 saturated carbocycles. The van der Waals surface area contributed by atoms with Gasteiger partial charge in [0, 0.05) is 28.6 Å².